The first kappa shape index (κ1) is 14.8. The Morgan fingerprint density at radius 2 is 2.10 bits per heavy atom. The minimum atomic E-state index is 0.217. The van der Waals surface area contributed by atoms with Gasteiger partial charge in [-0.15, -0.1) is 0 Å². The first-order chi connectivity index (χ1) is 9.85. The van der Waals surface area contributed by atoms with E-state index >= 15 is 0 Å². The molecule has 0 saturated heterocycles. The monoisotopic (exact) mass is 274 g/mol. The van der Waals surface area contributed by atoms with Crippen LogP contribution in [0.3, 0.4) is 0 Å². The van der Waals surface area contributed by atoms with E-state index < -0.39 is 0 Å². The molecule has 0 unspecified atom stereocenters. The maximum absolute atomic E-state index is 9.10. The number of nitrogens with zero attached hydrogens (tertiary/aromatic N) is 2. The zero-order chi connectivity index (χ0) is 14.2. The third kappa shape index (κ3) is 3.96. The van der Waals surface area contributed by atoms with Crippen molar-refractivity contribution in [1.82, 2.24) is 4.90 Å². The van der Waals surface area contributed by atoms with Crippen molar-refractivity contribution in [2.75, 3.05) is 26.3 Å². The van der Waals surface area contributed by atoms with E-state index in [9.17, 15) is 0 Å². The number of hydrogen-bond donors (Lipinski definition) is 1. The zero-order valence-electron chi connectivity index (χ0n) is 11.8. The van der Waals surface area contributed by atoms with Crippen molar-refractivity contribution in [3.8, 4) is 11.8 Å². The van der Waals surface area contributed by atoms with Crippen LogP contribution in [0.15, 0.2) is 24.3 Å². The number of nitriles is 1. The number of aliphatic hydroxyl groups is 1. The summed E-state index contributed by atoms with van der Waals surface area (Å²) in [6.45, 7) is 2.52. The van der Waals surface area contributed by atoms with Crippen LogP contribution in [-0.2, 0) is 0 Å². The van der Waals surface area contributed by atoms with Gasteiger partial charge >= 0.3 is 0 Å². The molecule has 0 spiro atoms. The number of rotatable bonds is 8. The number of para-hydroxylation sites is 1. The van der Waals surface area contributed by atoms with Crippen molar-refractivity contribution in [3.05, 3.63) is 29.8 Å². The molecule has 1 fully saturated rings. The lowest BCUT2D eigenvalue weighted by atomic mass is 9.91. The van der Waals surface area contributed by atoms with Gasteiger partial charge in [-0.1, -0.05) is 18.6 Å². The van der Waals surface area contributed by atoms with Crippen LogP contribution in [0.4, 0.5) is 0 Å². The van der Waals surface area contributed by atoms with Crippen LogP contribution in [0.2, 0.25) is 0 Å². The van der Waals surface area contributed by atoms with E-state index in [1.807, 2.05) is 18.2 Å². The predicted molar refractivity (Wildman–Crippen MR) is 77.6 cm³/mol. The SMILES string of the molecule is N#Cc1ccccc1OCCCN(CCO)C1CCC1. The summed E-state index contributed by atoms with van der Waals surface area (Å²) >= 11 is 0. The summed E-state index contributed by atoms with van der Waals surface area (Å²) in [5, 5.41) is 18.1. The summed E-state index contributed by atoms with van der Waals surface area (Å²) in [6.07, 6.45) is 4.71. The molecular weight excluding hydrogens is 252 g/mol. The van der Waals surface area contributed by atoms with Gasteiger partial charge in [-0.2, -0.15) is 5.26 Å². The number of ether oxygens (including phenoxy) is 1. The van der Waals surface area contributed by atoms with Crippen LogP contribution >= 0.6 is 0 Å². The largest absolute Gasteiger partial charge is 0.492 e. The van der Waals surface area contributed by atoms with E-state index in [0.717, 1.165) is 19.5 Å². The van der Waals surface area contributed by atoms with Crippen molar-refractivity contribution in [3.63, 3.8) is 0 Å². The fourth-order valence-electron chi connectivity index (χ4n) is 2.49. The smallest absolute Gasteiger partial charge is 0.137 e. The van der Waals surface area contributed by atoms with Gasteiger partial charge in [0.1, 0.15) is 11.8 Å². The number of benzene rings is 1. The highest BCUT2D eigenvalue weighted by molar-refractivity contribution is 5.42. The Bertz CT molecular complexity index is 452. The molecule has 0 aromatic heterocycles. The highest BCUT2D eigenvalue weighted by atomic mass is 16.5. The topological polar surface area (TPSA) is 56.5 Å². The summed E-state index contributed by atoms with van der Waals surface area (Å²) in [4.78, 5) is 2.35. The normalized spacial score (nSPS) is 14.8. The molecule has 4 nitrogen and oxygen atoms in total. The van der Waals surface area contributed by atoms with Crippen LogP contribution in [0.5, 0.6) is 5.75 Å². The Hall–Kier alpha value is -1.57. The van der Waals surface area contributed by atoms with E-state index in [-0.39, 0.29) is 6.61 Å². The van der Waals surface area contributed by atoms with E-state index in [1.165, 1.54) is 19.3 Å². The van der Waals surface area contributed by atoms with Gasteiger partial charge in [-0.25, -0.2) is 0 Å². The summed E-state index contributed by atoms with van der Waals surface area (Å²) in [5.41, 5.74) is 0.582. The molecule has 0 heterocycles. The van der Waals surface area contributed by atoms with Gasteiger partial charge in [-0.05, 0) is 31.4 Å². The van der Waals surface area contributed by atoms with Crippen molar-refractivity contribution in [2.24, 2.45) is 0 Å². The highest BCUT2D eigenvalue weighted by Gasteiger charge is 2.23. The average molecular weight is 274 g/mol. The molecule has 108 valence electrons. The Balaban J connectivity index is 1.73. The van der Waals surface area contributed by atoms with Gasteiger partial charge in [0.25, 0.3) is 0 Å². The van der Waals surface area contributed by atoms with Crippen LogP contribution in [0.25, 0.3) is 0 Å². The second-order valence-corrected chi connectivity index (χ2v) is 5.15. The third-order valence-electron chi connectivity index (χ3n) is 3.83. The molecule has 1 N–H and O–H groups in total. The third-order valence-corrected chi connectivity index (χ3v) is 3.83. The first-order valence-electron chi connectivity index (χ1n) is 7.32. The second kappa shape index (κ2) is 7.88. The second-order valence-electron chi connectivity index (χ2n) is 5.15. The molecule has 0 atom stereocenters. The van der Waals surface area contributed by atoms with Gasteiger partial charge < -0.3 is 9.84 Å². The quantitative estimate of drug-likeness (QED) is 0.738. The molecule has 1 saturated carbocycles. The lowest BCUT2D eigenvalue weighted by Crippen LogP contribution is -2.42. The van der Waals surface area contributed by atoms with Crippen molar-refractivity contribution < 1.29 is 9.84 Å². The van der Waals surface area contributed by atoms with Crippen LogP contribution in [0, 0.1) is 11.3 Å². The van der Waals surface area contributed by atoms with E-state index in [2.05, 4.69) is 11.0 Å². The molecule has 2 rings (SSSR count). The first-order valence-corrected chi connectivity index (χ1v) is 7.32. The molecule has 20 heavy (non-hydrogen) atoms. The van der Waals surface area contributed by atoms with Gasteiger partial charge in [-0.3, -0.25) is 4.90 Å². The Labute approximate surface area is 120 Å². The maximum Gasteiger partial charge on any atom is 0.137 e. The number of hydrogen-bond acceptors (Lipinski definition) is 4. The fraction of sp³-hybridized carbons (Fsp3) is 0.562. The van der Waals surface area contributed by atoms with E-state index in [0.29, 0.717) is 24.0 Å². The standard InChI is InChI=1S/C16H22N2O2/c17-13-14-5-1-2-8-16(14)20-12-4-9-18(10-11-19)15-6-3-7-15/h1-2,5,8,15,19H,3-4,6-7,9-12H2. The summed E-state index contributed by atoms with van der Waals surface area (Å²) in [7, 11) is 0. The molecule has 0 aliphatic heterocycles. The Morgan fingerprint density at radius 1 is 1.30 bits per heavy atom. The lowest BCUT2D eigenvalue weighted by molar-refractivity contribution is 0.0952. The Kier molecular flexibility index (Phi) is 5.85. The van der Waals surface area contributed by atoms with E-state index in [4.69, 9.17) is 15.1 Å². The zero-order valence-corrected chi connectivity index (χ0v) is 11.8. The van der Waals surface area contributed by atoms with Crippen molar-refractivity contribution in [1.29, 1.82) is 5.26 Å². The van der Waals surface area contributed by atoms with Crippen LogP contribution < -0.4 is 4.74 Å². The van der Waals surface area contributed by atoms with E-state index in [1.54, 1.807) is 6.07 Å². The molecule has 0 bridgehead atoms. The number of aliphatic hydroxyl groups excluding tert-OH is 1. The van der Waals surface area contributed by atoms with Gasteiger partial charge in [0.2, 0.25) is 0 Å². The van der Waals surface area contributed by atoms with Gasteiger partial charge in [0.15, 0.2) is 0 Å². The summed E-state index contributed by atoms with van der Waals surface area (Å²) in [6, 6.07) is 10.1. The molecule has 4 heteroatoms. The van der Waals surface area contributed by atoms with Crippen molar-refractivity contribution >= 4 is 0 Å². The average Bonchev–Trinajstić information content (AvgIpc) is 2.42. The van der Waals surface area contributed by atoms with Crippen LogP contribution in [0.1, 0.15) is 31.2 Å². The summed E-state index contributed by atoms with van der Waals surface area (Å²) < 4.78 is 5.68. The molecule has 0 amide bonds. The van der Waals surface area contributed by atoms with Gasteiger partial charge in [0, 0.05) is 19.1 Å². The fourth-order valence-corrected chi connectivity index (χ4v) is 2.49. The molecule has 1 aromatic carbocycles. The minimum Gasteiger partial charge on any atom is -0.492 e. The van der Waals surface area contributed by atoms with Gasteiger partial charge in [0.05, 0.1) is 18.8 Å². The lowest BCUT2D eigenvalue weighted by Gasteiger charge is -2.37. The Morgan fingerprint density at radius 3 is 2.75 bits per heavy atom. The molecule has 1 aliphatic carbocycles. The molecule has 1 aromatic rings. The minimum absolute atomic E-state index is 0.217. The van der Waals surface area contributed by atoms with Crippen LogP contribution in [-0.4, -0.2) is 42.4 Å². The molecule has 0 radical (unpaired) electrons. The summed E-state index contributed by atoms with van der Waals surface area (Å²) in [5.74, 6) is 0.660. The molecule has 1 aliphatic rings. The van der Waals surface area contributed by atoms with Crippen molar-refractivity contribution in [2.45, 2.75) is 31.7 Å². The maximum atomic E-state index is 9.10. The highest BCUT2D eigenvalue weighted by Crippen LogP contribution is 2.24. The predicted octanol–water partition coefficient (Wildman–Crippen LogP) is 2.17. The molecular formula is C16H22N2O2.